The first kappa shape index (κ1) is 34.8. The van der Waals surface area contributed by atoms with Crippen LogP contribution in [0.2, 0.25) is 0 Å². The number of ether oxygens (including phenoxy) is 3. The largest absolute Gasteiger partial charge is 0.467 e. The van der Waals surface area contributed by atoms with E-state index in [0.717, 1.165) is 57.7 Å². The molecule has 250 valence electrons. The number of amides is 2. The standard InChI is InChI=1S/C36H55N3O6/c1-2-3-4-5-6-7-8-9-10-11-12-16-35(40)38(20-14-19-37-21-24-42-25-22-37)29-36(41)39(28-32-15-13-23-43-32)27-31-17-18-33-34(26-31)45-30-44-33/h13,15,17-18,23,26H,2-12,14,16,19-22,24-25,27-30H2,1H3. The van der Waals surface area contributed by atoms with Gasteiger partial charge < -0.3 is 28.4 Å². The Morgan fingerprint density at radius 3 is 2.20 bits per heavy atom. The molecule has 0 spiro atoms. The first-order valence-electron chi connectivity index (χ1n) is 17.4. The summed E-state index contributed by atoms with van der Waals surface area (Å²) < 4.78 is 22.1. The van der Waals surface area contributed by atoms with Gasteiger partial charge >= 0.3 is 0 Å². The van der Waals surface area contributed by atoms with E-state index in [-0.39, 0.29) is 25.2 Å². The first-order chi connectivity index (χ1) is 22.1. The van der Waals surface area contributed by atoms with E-state index in [2.05, 4.69) is 11.8 Å². The molecule has 0 aliphatic carbocycles. The van der Waals surface area contributed by atoms with Crippen LogP contribution >= 0.6 is 0 Å². The summed E-state index contributed by atoms with van der Waals surface area (Å²) in [4.78, 5) is 33.3. The zero-order valence-electron chi connectivity index (χ0n) is 27.5. The van der Waals surface area contributed by atoms with Gasteiger partial charge in [-0.2, -0.15) is 0 Å². The number of nitrogens with zero attached hydrogens (tertiary/aromatic N) is 3. The van der Waals surface area contributed by atoms with Crippen LogP contribution in [0, 0.1) is 0 Å². The Morgan fingerprint density at radius 2 is 1.49 bits per heavy atom. The van der Waals surface area contributed by atoms with Gasteiger partial charge in [0.25, 0.3) is 0 Å². The number of furan rings is 1. The number of hydrogen-bond donors (Lipinski definition) is 0. The monoisotopic (exact) mass is 625 g/mol. The summed E-state index contributed by atoms with van der Waals surface area (Å²) in [5.74, 6) is 2.08. The van der Waals surface area contributed by atoms with E-state index in [1.165, 1.54) is 57.8 Å². The molecule has 9 heteroatoms. The highest BCUT2D eigenvalue weighted by molar-refractivity contribution is 5.84. The third-order valence-electron chi connectivity index (χ3n) is 8.77. The van der Waals surface area contributed by atoms with Crippen LogP contribution in [0.4, 0.5) is 0 Å². The molecule has 0 N–H and O–H groups in total. The fraction of sp³-hybridized carbons (Fsp3) is 0.667. The second-order valence-electron chi connectivity index (χ2n) is 12.4. The minimum absolute atomic E-state index is 0.0608. The van der Waals surface area contributed by atoms with Crippen molar-refractivity contribution in [3.63, 3.8) is 0 Å². The third kappa shape index (κ3) is 12.7. The summed E-state index contributed by atoms with van der Waals surface area (Å²) in [7, 11) is 0. The molecule has 4 rings (SSSR count). The van der Waals surface area contributed by atoms with Crippen molar-refractivity contribution in [3.8, 4) is 11.5 Å². The van der Waals surface area contributed by atoms with Gasteiger partial charge in [-0.15, -0.1) is 0 Å². The normalized spacial score (nSPS) is 14.5. The molecule has 0 atom stereocenters. The van der Waals surface area contributed by atoms with Crippen molar-refractivity contribution in [1.29, 1.82) is 0 Å². The SMILES string of the molecule is CCCCCCCCCCCCCC(=O)N(CCCN1CCOCC1)CC(=O)N(Cc1ccc2c(c1)OCO2)Cc1ccco1. The van der Waals surface area contributed by atoms with Gasteiger partial charge in [-0.25, -0.2) is 0 Å². The van der Waals surface area contributed by atoms with Gasteiger partial charge in [0.15, 0.2) is 11.5 Å². The quantitative estimate of drug-likeness (QED) is 0.133. The summed E-state index contributed by atoms with van der Waals surface area (Å²) >= 11 is 0. The Kier molecular flexibility index (Phi) is 15.6. The number of benzene rings is 1. The molecule has 9 nitrogen and oxygen atoms in total. The van der Waals surface area contributed by atoms with Crippen molar-refractivity contribution < 1.29 is 28.2 Å². The number of fused-ring (bicyclic) bond motifs is 1. The molecule has 0 radical (unpaired) electrons. The van der Waals surface area contributed by atoms with Crippen molar-refractivity contribution in [2.45, 2.75) is 103 Å². The maximum absolute atomic E-state index is 13.9. The van der Waals surface area contributed by atoms with Crippen molar-refractivity contribution in [1.82, 2.24) is 14.7 Å². The number of carbonyl (C=O) groups excluding carboxylic acids is 2. The molecular weight excluding hydrogens is 570 g/mol. The zero-order chi connectivity index (χ0) is 31.5. The van der Waals surface area contributed by atoms with Gasteiger partial charge in [0.05, 0.1) is 32.6 Å². The van der Waals surface area contributed by atoms with E-state index in [1.54, 1.807) is 16.1 Å². The highest BCUT2D eigenvalue weighted by atomic mass is 16.7. The van der Waals surface area contributed by atoms with Gasteiger partial charge in [0, 0.05) is 39.1 Å². The van der Waals surface area contributed by atoms with Crippen LogP contribution in [0.25, 0.3) is 0 Å². The summed E-state index contributed by atoms with van der Waals surface area (Å²) in [5, 5.41) is 0. The summed E-state index contributed by atoms with van der Waals surface area (Å²) in [5.41, 5.74) is 0.935. The topological polar surface area (TPSA) is 84.7 Å². The van der Waals surface area contributed by atoms with Crippen LogP contribution in [0.3, 0.4) is 0 Å². The number of hydrogen-bond acceptors (Lipinski definition) is 7. The van der Waals surface area contributed by atoms with E-state index in [4.69, 9.17) is 18.6 Å². The molecule has 1 aromatic heterocycles. The fourth-order valence-electron chi connectivity index (χ4n) is 6.05. The molecule has 2 aliphatic rings. The average molecular weight is 626 g/mol. The summed E-state index contributed by atoms with van der Waals surface area (Å²) in [6.45, 7) is 8.03. The molecule has 0 saturated carbocycles. The van der Waals surface area contributed by atoms with Gasteiger partial charge in [-0.1, -0.05) is 77.2 Å². The predicted octanol–water partition coefficient (Wildman–Crippen LogP) is 6.79. The Labute approximate surface area is 270 Å². The van der Waals surface area contributed by atoms with E-state index < -0.39 is 0 Å². The van der Waals surface area contributed by atoms with Crippen LogP contribution in [-0.4, -0.2) is 79.2 Å². The lowest BCUT2D eigenvalue weighted by molar-refractivity contribution is -0.141. The molecular formula is C36H55N3O6. The zero-order valence-corrected chi connectivity index (χ0v) is 27.5. The number of carbonyl (C=O) groups is 2. The van der Waals surface area contributed by atoms with Crippen LogP contribution in [-0.2, 0) is 27.4 Å². The van der Waals surface area contributed by atoms with Crippen LogP contribution in [0.15, 0.2) is 41.0 Å². The lowest BCUT2D eigenvalue weighted by Crippen LogP contribution is -2.44. The van der Waals surface area contributed by atoms with Crippen LogP contribution in [0.5, 0.6) is 11.5 Å². The van der Waals surface area contributed by atoms with Crippen LogP contribution in [0.1, 0.15) is 102 Å². The lowest BCUT2D eigenvalue weighted by Gasteiger charge is -2.30. The molecule has 2 aliphatic heterocycles. The molecule has 0 unspecified atom stereocenters. The van der Waals surface area contributed by atoms with Crippen LogP contribution < -0.4 is 9.47 Å². The Bertz CT molecular complexity index is 1120. The molecule has 1 fully saturated rings. The van der Waals surface area contributed by atoms with Crippen molar-refractivity contribution in [2.24, 2.45) is 0 Å². The van der Waals surface area contributed by atoms with Crippen molar-refractivity contribution in [3.05, 3.63) is 47.9 Å². The smallest absolute Gasteiger partial charge is 0.242 e. The van der Waals surface area contributed by atoms with Crippen molar-refractivity contribution in [2.75, 3.05) is 52.7 Å². The second kappa shape index (κ2) is 20.2. The first-order valence-corrected chi connectivity index (χ1v) is 17.4. The maximum Gasteiger partial charge on any atom is 0.242 e. The molecule has 2 aromatic rings. The maximum atomic E-state index is 13.9. The summed E-state index contributed by atoms with van der Waals surface area (Å²) in [6, 6.07) is 9.45. The lowest BCUT2D eigenvalue weighted by atomic mass is 10.1. The Balaban J connectivity index is 1.29. The number of morpholine rings is 1. The number of rotatable bonds is 22. The minimum atomic E-state index is -0.0947. The van der Waals surface area contributed by atoms with E-state index in [1.807, 2.05) is 30.3 Å². The Morgan fingerprint density at radius 1 is 0.778 bits per heavy atom. The molecule has 1 saturated heterocycles. The van der Waals surface area contributed by atoms with Gasteiger partial charge in [-0.05, 0) is 42.7 Å². The average Bonchev–Trinajstić information content (AvgIpc) is 3.75. The second-order valence-corrected chi connectivity index (χ2v) is 12.4. The highest BCUT2D eigenvalue weighted by Gasteiger charge is 2.24. The predicted molar refractivity (Wildman–Crippen MR) is 175 cm³/mol. The third-order valence-corrected chi connectivity index (χ3v) is 8.77. The van der Waals surface area contributed by atoms with E-state index in [9.17, 15) is 9.59 Å². The molecule has 45 heavy (non-hydrogen) atoms. The molecule has 2 amide bonds. The molecule has 1 aromatic carbocycles. The molecule has 3 heterocycles. The minimum Gasteiger partial charge on any atom is -0.467 e. The van der Waals surface area contributed by atoms with E-state index >= 15 is 0 Å². The van der Waals surface area contributed by atoms with E-state index in [0.29, 0.717) is 43.3 Å². The van der Waals surface area contributed by atoms with Gasteiger partial charge in [-0.3, -0.25) is 14.5 Å². The highest BCUT2D eigenvalue weighted by Crippen LogP contribution is 2.33. The van der Waals surface area contributed by atoms with Gasteiger partial charge in [0.1, 0.15) is 5.76 Å². The fourth-order valence-corrected chi connectivity index (χ4v) is 6.05. The molecule has 0 bridgehead atoms. The summed E-state index contributed by atoms with van der Waals surface area (Å²) in [6.07, 6.45) is 16.6. The number of unbranched alkanes of at least 4 members (excludes halogenated alkanes) is 10. The van der Waals surface area contributed by atoms with Crippen molar-refractivity contribution >= 4 is 11.8 Å². The van der Waals surface area contributed by atoms with Gasteiger partial charge in [0.2, 0.25) is 18.6 Å². The Hall–Kier alpha value is -3.04.